The quantitative estimate of drug-likeness (QED) is 0.218. The van der Waals surface area contributed by atoms with Gasteiger partial charge in [-0.05, 0) is 38.4 Å². The Balaban J connectivity index is 2.14. The van der Waals surface area contributed by atoms with E-state index in [4.69, 9.17) is 0 Å². The third-order valence-electron chi connectivity index (χ3n) is 4.10. The predicted molar refractivity (Wildman–Crippen MR) is 100 cm³/mol. The molecule has 0 amide bonds. The van der Waals surface area contributed by atoms with Gasteiger partial charge in [0.05, 0.1) is 0 Å². The summed E-state index contributed by atoms with van der Waals surface area (Å²) in [6, 6.07) is 19.8. The van der Waals surface area contributed by atoms with E-state index in [1.54, 1.807) is 0 Å². The van der Waals surface area contributed by atoms with Gasteiger partial charge in [-0.1, -0.05) is 74.1 Å². The average molecular weight is 298 g/mol. The minimum atomic E-state index is -1.37. The van der Waals surface area contributed by atoms with Gasteiger partial charge in [0.25, 0.3) is 0 Å². The highest BCUT2D eigenvalue weighted by molar-refractivity contribution is 6.83. The Morgan fingerprint density at radius 1 is 0.682 bits per heavy atom. The summed E-state index contributed by atoms with van der Waals surface area (Å²) in [6.07, 6.45) is 0. The van der Waals surface area contributed by atoms with E-state index in [0.29, 0.717) is 0 Å². The summed E-state index contributed by atoms with van der Waals surface area (Å²) < 4.78 is 0. The van der Waals surface area contributed by atoms with Gasteiger partial charge < -0.3 is 0 Å². The van der Waals surface area contributed by atoms with Crippen LogP contribution in [0.1, 0.15) is 5.56 Å². The molecule has 0 fully saturated rings. The van der Waals surface area contributed by atoms with Crippen LogP contribution < -0.4 is 0 Å². The van der Waals surface area contributed by atoms with Gasteiger partial charge in [0.2, 0.25) is 0 Å². The maximum Gasteiger partial charge on any atom is 0.129 e. The van der Waals surface area contributed by atoms with Crippen LogP contribution in [0.3, 0.4) is 0 Å². The molecule has 0 aliphatic carbocycles. The molecule has 0 atom stereocenters. The maximum atomic E-state index is 3.50. The molecule has 0 radical (unpaired) electrons. The SMILES string of the molecule is C[Si](C)(C)C#Cc1ccc2ccc3cccc4ccc1c2c34. The lowest BCUT2D eigenvalue weighted by Crippen LogP contribution is -2.16. The first kappa shape index (κ1) is 13.4. The lowest BCUT2D eigenvalue weighted by molar-refractivity contribution is 1.73. The van der Waals surface area contributed by atoms with Crippen molar-refractivity contribution in [3.63, 3.8) is 0 Å². The van der Waals surface area contributed by atoms with Crippen LogP contribution in [0, 0.1) is 11.5 Å². The first-order valence-corrected chi connectivity index (χ1v) is 11.2. The van der Waals surface area contributed by atoms with E-state index in [1.165, 1.54) is 32.3 Å². The van der Waals surface area contributed by atoms with E-state index in [0.717, 1.165) is 5.56 Å². The van der Waals surface area contributed by atoms with Crippen molar-refractivity contribution in [2.75, 3.05) is 0 Å². The molecule has 4 rings (SSSR count). The van der Waals surface area contributed by atoms with Crippen molar-refractivity contribution in [1.29, 1.82) is 0 Å². The second-order valence-corrected chi connectivity index (χ2v) is 11.7. The molecule has 0 N–H and O–H groups in total. The van der Waals surface area contributed by atoms with Crippen molar-refractivity contribution in [3.05, 3.63) is 60.2 Å². The fraction of sp³-hybridized carbons (Fsp3) is 0.143. The number of hydrogen-bond acceptors (Lipinski definition) is 0. The van der Waals surface area contributed by atoms with Gasteiger partial charge in [-0.15, -0.1) is 5.54 Å². The zero-order valence-corrected chi connectivity index (χ0v) is 14.2. The van der Waals surface area contributed by atoms with Gasteiger partial charge in [0.1, 0.15) is 8.07 Å². The predicted octanol–water partition coefficient (Wildman–Crippen LogP) is 5.81. The van der Waals surface area contributed by atoms with Gasteiger partial charge in [-0.3, -0.25) is 0 Å². The second-order valence-electron chi connectivity index (χ2n) is 6.97. The summed E-state index contributed by atoms with van der Waals surface area (Å²) in [5.74, 6) is 3.45. The molecule has 1 heteroatoms. The zero-order chi connectivity index (χ0) is 15.3. The molecule has 0 spiro atoms. The van der Waals surface area contributed by atoms with Crippen LogP contribution in [0.2, 0.25) is 19.6 Å². The summed E-state index contributed by atoms with van der Waals surface area (Å²) in [7, 11) is -1.37. The van der Waals surface area contributed by atoms with E-state index in [2.05, 4.69) is 85.7 Å². The molecule has 0 aliphatic rings. The second kappa shape index (κ2) is 4.60. The van der Waals surface area contributed by atoms with E-state index in [-0.39, 0.29) is 0 Å². The largest absolute Gasteiger partial charge is 0.129 e. The fourth-order valence-corrected chi connectivity index (χ4v) is 3.61. The molecule has 0 aromatic heterocycles. The van der Waals surface area contributed by atoms with E-state index >= 15 is 0 Å². The Kier molecular flexibility index (Phi) is 2.79. The highest BCUT2D eigenvalue weighted by Gasteiger charge is 2.11. The Labute approximate surface area is 132 Å². The molecule has 22 heavy (non-hydrogen) atoms. The third-order valence-corrected chi connectivity index (χ3v) is 4.98. The van der Waals surface area contributed by atoms with Crippen LogP contribution in [-0.4, -0.2) is 8.07 Å². The molecule has 4 aromatic rings. The third kappa shape index (κ3) is 2.08. The summed E-state index contributed by atoms with van der Waals surface area (Å²) in [5.41, 5.74) is 4.66. The number of benzene rings is 4. The first-order chi connectivity index (χ1) is 10.5. The smallest absolute Gasteiger partial charge is 0.127 e. The van der Waals surface area contributed by atoms with Crippen LogP contribution in [0.25, 0.3) is 32.3 Å². The molecule has 106 valence electrons. The summed E-state index contributed by atoms with van der Waals surface area (Å²) in [4.78, 5) is 0. The Hall–Kier alpha value is -2.30. The molecule has 0 saturated carbocycles. The van der Waals surface area contributed by atoms with Crippen molar-refractivity contribution >= 4 is 40.4 Å². The summed E-state index contributed by atoms with van der Waals surface area (Å²) >= 11 is 0. The summed E-state index contributed by atoms with van der Waals surface area (Å²) in [6.45, 7) is 6.86. The monoisotopic (exact) mass is 298 g/mol. The van der Waals surface area contributed by atoms with Crippen LogP contribution in [0.4, 0.5) is 0 Å². The van der Waals surface area contributed by atoms with E-state index < -0.39 is 8.07 Å². The molecule has 0 nitrogen and oxygen atoms in total. The zero-order valence-electron chi connectivity index (χ0n) is 13.2. The van der Waals surface area contributed by atoms with E-state index in [1.807, 2.05) is 0 Å². The van der Waals surface area contributed by atoms with Crippen molar-refractivity contribution in [2.45, 2.75) is 19.6 Å². The van der Waals surface area contributed by atoms with Crippen LogP contribution in [0.5, 0.6) is 0 Å². The van der Waals surface area contributed by atoms with Crippen molar-refractivity contribution in [2.24, 2.45) is 0 Å². The van der Waals surface area contributed by atoms with Crippen molar-refractivity contribution in [1.82, 2.24) is 0 Å². The number of hydrogen-bond donors (Lipinski definition) is 0. The van der Waals surface area contributed by atoms with Crippen molar-refractivity contribution in [3.8, 4) is 11.5 Å². The van der Waals surface area contributed by atoms with Crippen LogP contribution in [-0.2, 0) is 0 Å². The molecular formula is C21H18Si. The van der Waals surface area contributed by atoms with E-state index in [9.17, 15) is 0 Å². The Morgan fingerprint density at radius 3 is 1.95 bits per heavy atom. The fourth-order valence-electron chi connectivity index (χ4n) is 3.10. The minimum Gasteiger partial charge on any atom is -0.127 e. The molecule has 4 aromatic carbocycles. The van der Waals surface area contributed by atoms with Gasteiger partial charge in [0, 0.05) is 5.56 Å². The average Bonchev–Trinajstić information content (AvgIpc) is 2.50. The molecule has 0 unspecified atom stereocenters. The molecule has 0 aliphatic heterocycles. The summed E-state index contributed by atoms with van der Waals surface area (Å²) in [5, 5.41) is 7.94. The molecule has 0 heterocycles. The Morgan fingerprint density at radius 2 is 1.27 bits per heavy atom. The Bertz CT molecular complexity index is 1040. The van der Waals surface area contributed by atoms with Gasteiger partial charge in [-0.2, -0.15) is 0 Å². The van der Waals surface area contributed by atoms with Crippen molar-refractivity contribution < 1.29 is 0 Å². The topological polar surface area (TPSA) is 0 Å². The first-order valence-electron chi connectivity index (χ1n) is 7.73. The molecule has 0 saturated heterocycles. The normalized spacial score (nSPS) is 12.0. The molecule has 0 bridgehead atoms. The lowest BCUT2D eigenvalue weighted by Gasteiger charge is -2.12. The van der Waals surface area contributed by atoms with Gasteiger partial charge >= 0.3 is 0 Å². The lowest BCUT2D eigenvalue weighted by atomic mass is 9.92. The minimum absolute atomic E-state index is 1.16. The van der Waals surface area contributed by atoms with Crippen LogP contribution in [0.15, 0.2) is 54.6 Å². The van der Waals surface area contributed by atoms with Crippen LogP contribution >= 0.6 is 0 Å². The highest BCUT2D eigenvalue weighted by atomic mass is 28.3. The standard InChI is InChI=1S/C21H18Si/c1-22(2,3)14-13-15-7-8-18-10-9-16-5-4-6-17-11-12-19(15)21(18)20(16)17/h4-12H,1-3H3. The number of rotatable bonds is 0. The highest BCUT2D eigenvalue weighted by Crippen LogP contribution is 2.35. The molecular weight excluding hydrogens is 280 g/mol. The van der Waals surface area contributed by atoms with Gasteiger partial charge in [0.15, 0.2) is 0 Å². The maximum absolute atomic E-state index is 3.50. The van der Waals surface area contributed by atoms with Gasteiger partial charge in [-0.25, -0.2) is 0 Å².